The lowest BCUT2D eigenvalue weighted by Gasteiger charge is -2.28. The topological polar surface area (TPSA) is 95.5 Å². The van der Waals surface area contributed by atoms with Gasteiger partial charge in [0.05, 0.1) is 34.3 Å². The molecule has 0 bridgehead atoms. The van der Waals surface area contributed by atoms with Gasteiger partial charge in [-0.1, -0.05) is 51.5 Å². The number of carbonyl (C=O) groups excluding carboxylic acids is 1. The fourth-order valence-corrected chi connectivity index (χ4v) is 2.35. The van der Waals surface area contributed by atoms with Gasteiger partial charge in [0.2, 0.25) is 16.3 Å². The van der Waals surface area contributed by atoms with E-state index in [1.54, 1.807) is 6.08 Å². The molecule has 1 amide bonds. The Labute approximate surface area is 173 Å². The molecule has 0 unspecified atom stereocenters. The first-order valence-corrected chi connectivity index (χ1v) is 11.7. The normalized spacial score (nSPS) is 11.9. The molecule has 0 aliphatic rings. The molecule has 0 aliphatic heterocycles. The van der Waals surface area contributed by atoms with Crippen molar-refractivity contribution in [1.29, 1.82) is 0 Å². The minimum Gasteiger partial charge on any atom is -0.726 e. The third-order valence-corrected chi connectivity index (χ3v) is 4.95. The summed E-state index contributed by atoms with van der Waals surface area (Å²) >= 11 is 0. The third kappa shape index (κ3) is 25.0. The minimum atomic E-state index is -4.41. The Hall–Kier alpha value is -0.960. The molecule has 0 fully saturated rings. The van der Waals surface area contributed by atoms with Crippen molar-refractivity contribution >= 4 is 16.3 Å². The molecule has 0 heterocycles. The molecular weight excluding hydrogens is 380 g/mol. The molecule has 0 saturated carbocycles. The Morgan fingerprint density at radius 3 is 2.07 bits per heavy atom. The van der Waals surface area contributed by atoms with E-state index in [-0.39, 0.29) is 5.91 Å². The summed E-state index contributed by atoms with van der Waals surface area (Å²) in [6, 6.07) is 0. The van der Waals surface area contributed by atoms with Crippen molar-refractivity contribution in [3.05, 3.63) is 12.2 Å². The van der Waals surface area contributed by atoms with Gasteiger partial charge in [-0.25, -0.2) is 8.42 Å². The number of hydrogen-bond donors (Lipinski definition) is 1. The molecule has 0 spiro atoms. The molecule has 0 aromatic rings. The predicted octanol–water partition coefficient (Wildman–Crippen LogP) is 3.38. The monoisotopic (exact) mass is 422 g/mol. The number of nitrogens with zero attached hydrogens (tertiary/aromatic N) is 1. The molecule has 0 rings (SSSR count). The molecule has 28 heavy (non-hydrogen) atoms. The summed E-state index contributed by atoms with van der Waals surface area (Å²) in [6.45, 7) is 7.47. The Balaban J connectivity index is 0. The van der Waals surface area contributed by atoms with E-state index < -0.39 is 10.4 Å². The third-order valence-electron chi connectivity index (χ3n) is 4.54. The van der Waals surface area contributed by atoms with Gasteiger partial charge < -0.3 is 14.4 Å². The molecular formula is C20H42N2O5S. The first kappa shape index (κ1) is 29.2. The van der Waals surface area contributed by atoms with Crippen LogP contribution in [0.25, 0.3) is 0 Å². The number of nitrogens with one attached hydrogen (secondary N) is 1. The zero-order valence-electron chi connectivity index (χ0n) is 18.5. The maximum atomic E-state index is 11.6. The van der Waals surface area contributed by atoms with Gasteiger partial charge in [-0.2, -0.15) is 0 Å². The average molecular weight is 423 g/mol. The summed E-state index contributed by atoms with van der Waals surface area (Å²) in [5.74, 6) is 0.0600. The molecule has 0 radical (unpaired) electrons. The molecule has 0 aliphatic carbocycles. The lowest BCUT2D eigenvalue weighted by atomic mass is 10.1. The van der Waals surface area contributed by atoms with Gasteiger partial charge in [0.15, 0.2) is 0 Å². The second-order valence-electron chi connectivity index (χ2n) is 7.51. The average Bonchev–Trinajstić information content (AvgIpc) is 2.64. The zero-order valence-corrected chi connectivity index (χ0v) is 19.4. The predicted molar refractivity (Wildman–Crippen MR) is 114 cm³/mol. The van der Waals surface area contributed by atoms with Crippen molar-refractivity contribution in [3.8, 4) is 0 Å². The van der Waals surface area contributed by atoms with E-state index in [1.807, 2.05) is 6.08 Å². The van der Waals surface area contributed by atoms with E-state index in [9.17, 15) is 17.8 Å². The van der Waals surface area contributed by atoms with E-state index in [2.05, 4.69) is 37.4 Å². The highest BCUT2D eigenvalue weighted by Gasteiger charge is 2.10. The number of hydrogen-bond acceptors (Lipinski definition) is 5. The van der Waals surface area contributed by atoms with Crippen LogP contribution in [0.2, 0.25) is 0 Å². The summed E-state index contributed by atoms with van der Waals surface area (Å²) in [5, 5.41) is 2.97. The Morgan fingerprint density at radius 1 is 1.04 bits per heavy atom. The van der Waals surface area contributed by atoms with E-state index in [0.29, 0.717) is 0 Å². The summed E-state index contributed by atoms with van der Waals surface area (Å²) in [4.78, 5) is 11.6. The lowest BCUT2D eigenvalue weighted by Crippen LogP contribution is -2.41. The Morgan fingerprint density at radius 2 is 1.57 bits per heavy atom. The first-order chi connectivity index (χ1) is 13.1. The van der Waals surface area contributed by atoms with Gasteiger partial charge in [-0.05, 0) is 25.8 Å². The summed E-state index contributed by atoms with van der Waals surface area (Å²) in [5.41, 5.74) is 0. The number of rotatable bonds is 15. The summed E-state index contributed by atoms with van der Waals surface area (Å²) in [6.07, 6.45) is 15.1. The Bertz CT molecular complexity index is 505. The maximum Gasteiger partial charge on any atom is 0.243 e. The minimum absolute atomic E-state index is 0.0600. The summed E-state index contributed by atoms with van der Waals surface area (Å²) < 4.78 is 32.0. The van der Waals surface area contributed by atoms with Crippen LogP contribution in [0.3, 0.4) is 0 Å². The van der Waals surface area contributed by atoms with Crippen molar-refractivity contribution < 1.29 is 26.4 Å². The van der Waals surface area contributed by atoms with Crippen LogP contribution in [0.15, 0.2) is 12.2 Å². The largest absolute Gasteiger partial charge is 0.726 e. The zero-order chi connectivity index (χ0) is 21.9. The molecule has 168 valence electrons. The van der Waals surface area contributed by atoms with Crippen molar-refractivity contribution in [1.82, 2.24) is 5.32 Å². The van der Waals surface area contributed by atoms with Gasteiger partial charge in [-0.3, -0.25) is 8.98 Å². The smallest absolute Gasteiger partial charge is 0.243 e. The van der Waals surface area contributed by atoms with Crippen LogP contribution in [0, 0.1) is 0 Å². The SMILES string of the molecule is CCCCCCCCCC=CC(=O)NCCC[N+](C)(C)CC.COS(=O)(=O)[O-]. The van der Waals surface area contributed by atoms with Crippen molar-refractivity contribution in [2.24, 2.45) is 0 Å². The number of unbranched alkanes of at least 4 members (excludes halogenated alkanes) is 7. The van der Waals surface area contributed by atoms with Crippen molar-refractivity contribution in [3.63, 3.8) is 0 Å². The van der Waals surface area contributed by atoms with E-state index in [4.69, 9.17) is 0 Å². The molecule has 7 nitrogen and oxygen atoms in total. The fraction of sp³-hybridized carbons (Fsp3) is 0.850. The van der Waals surface area contributed by atoms with Crippen molar-refractivity contribution in [2.45, 2.75) is 71.6 Å². The maximum absolute atomic E-state index is 11.6. The number of amides is 1. The highest BCUT2D eigenvalue weighted by molar-refractivity contribution is 7.80. The molecule has 1 N–H and O–H groups in total. The molecule has 8 heteroatoms. The molecule has 0 aromatic heterocycles. The van der Waals surface area contributed by atoms with Gasteiger partial charge in [-0.15, -0.1) is 0 Å². The molecule has 0 atom stereocenters. The number of quaternary nitrogens is 1. The second-order valence-corrected chi connectivity index (χ2v) is 8.66. The van der Waals surface area contributed by atoms with Crippen LogP contribution in [0.4, 0.5) is 0 Å². The second kappa shape index (κ2) is 18.1. The van der Waals surface area contributed by atoms with Crippen LogP contribution in [-0.2, 0) is 19.4 Å². The van der Waals surface area contributed by atoms with Gasteiger partial charge >= 0.3 is 0 Å². The standard InChI is InChI=1S/C19H38N2O.CH4O4S/c1-5-7-8-9-10-11-12-13-14-16-19(22)20-17-15-18-21(3,4)6-2;1-5-6(2,3)4/h14,16H,5-13,15,17-18H2,1-4H3;1H3,(H,2,3,4). The van der Waals surface area contributed by atoms with Crippen LogP contribution in [-0.4, -0.2) is 64.2 Å². The number of allylic oxidation sites excluding steroid dienone is 1. The fourth-order valence-electron chi connectivity index (χ4n) is 2.35. The van der Waals surface area contributed by atoms with E-state index in [0.717, 1.165) is 44.1 Å². The highest BCUT2D eigenvalue weighted by Crippen LogP contribution is 2.08. The quantitative estimate of drug-likeness (QED) is 0.143. The van der Waals surface area contributed by atoms with Gasteiger partial charge in [0, 0.05) is 13.0 Å². The summed E-state index contributed by atoms with van der Waals surface area (Å²) in [7, 11) is 0.848. The van der Waals surface area contributed by atoms with Crippen LogP contribution in [0.1, 0.15) is 71.6 Å². The lowest BCUT2D eigenvalue weighted by molar-refractivity contribution is -0.888. The highest BCUT2D eigenvalue weighted by atomic mass is 32.3. The molecule has 0 aromatic carbocycles. The molecule has 0 saturated heterocycles. The van der Waals surface area contributed by atoms with Gasteiger partial charge in [0.25, 0.3) is 0 Å². The van der Waals surface area contributed by atoms with E-state index in [1.165, 1.54) is 44.9 Å². The van der Waals surface area contributed by atoms with E-state index >= 15 is 0 Å². The van der Waals surface area contributed by atoms with Crippen LogP contribution < -0.4 is 5.32 Å². The van der Waals surface area contributed by atoms with Crippen LogP contribution in [0.5, 0.6) is 0 Å². The first-order valence-electron chi connectivity index (χ1n) is 10.4. The number of carbonyl (C=O) groups is 1. The van der Waals surface area contributed by atoms with Gasteiger partial charge in [0.1, 0.15) is 0 Å². The Kier molecular flexibility index (Phi) is 18.9. The van der Waals surface area contributed by atoms with Crippen LogP contribution >= 0.6 is 0 Å². The van der Waals surface area contributed by atoms with Crippen molar-refractivity contribution in [2.75, 3.05) is 40.8 Å².